The number of fused-ring (bicyclic) bond motifs is 2. The molecule has 1 amide bonds. The Kier molecular flexibility index (Phi) is 8.97. The second-order valence-electron chi connectivity index (χ2n) is 10.3. The summed E-state index contributed by atoms with van der Waals surface area (Å²) in [5.74, 6) is -0.224. The van der Waals surface area contributed by atoms with E-state index in [-0.39, 0.29) is 30.1 Å². The lowest BCUT2D eigenvalue weighted by Gasteiger charge is -2.39. The number of nitrogens with zero attached hydrogens (tertiary/aromatic N) is 1. The number of anilines is 1. The summed E-state index contributed by atoms with van der Waals surface area (Å²) < 4.78 is 37.9. The highest BCUT2D eigenvalue weighted by Gasteiger charge is 2.31. The fourth-order valence-electron chi connectivity index (χ4n) is 5.77. The molecule has 38 heavy (non-hydrogen) atoms. The molecule has 0 bridgehead atoms. The van der Waals surface area contributed by atoms with Gasteiger partial charge in [-0.2, -0.15) is 13.2 Å². The maximum atomic E-state index is 13.4. The quantitative estimate of drug-likeness (QED) is 0.479. The van der Waals surface area contributed by atoms with E-state index in [1.807, 2.05) is 31.2 Å². The maximum absolute atomic E-state index is 13.4. The summed E-state index contributed by atoms with van der Waals surface area (Å²) in [4.78, 5) is 31.2. The summed E-state index contributed by atoms with van der Waals surface area (Å²) in [6.07, 6.45) is 5.02. The van der Waals surface area contributed by atoms with E-state index < -0.39 is 12.7 Å². The summed E-state index contributed by atoms with van der Waals surface area (Å²) in [6, 6.07) is 7.77. The monoisotopic (exact) mass is 530 g/mol. The van der Waals surface area contributed by atoms with E-state index in [9.17, 15) is 22.8 Å². The smallest absolute Gasteiger partial charge is 0.369 e. The summed E-state index contributed by atoms with van der Waals surface area (Å²) in [5.41, 5.74) is 4.66. The van der Waals surface area contributed by atoms with Crippen molar-refractivity contribution < 1.29 is 18.0 Å². The zero-order valence-electron chi connectivity index (χ0n) is 22.1. The summed E-state index contributed by atoms with van der Waals surface area (Å²) in [6.45, 7) is 3.86. The molecular weight excluding hydrogens is 493 g/mol. The van der Waals surface area contributed by atoms with Crippen molar-refractivity contribution in [1.82, 2.24) is 15.6 Å². The first-order valence-corrected chi connectivity index (χ1v) is 13.5. The summed E-state index contributed by atoms with van der Waals surface area (Å²) >= 11 is 0. The summed E-state index contributed by atoms with van der Waals surface area (Å²) in [7, 11) is 0. The molecule has 9 heteroatoms. The van der Waals surface area contributed by atoms with Gasteiger partial charge in [0.2, 0.25) is 0 Å². The highest BCUT2D eigenvalue weighted by molar-refractivity contribution is 5.97. The van der Waals surface area contributed by atoms with Crippen LogP contribution in [0.4, 0.5) is 18.9 Å². The van der Waals surface area contributed by atoms with Crippen LogP contribution in [-0.2, 0) is 19.4 Å². The fourth-order valence-corrected chi connectivity index (χ4v) is 5.77. The van der Waals surface area contributed by atoms with Crippen molar-refractivity contribution in [2.45, 2.75) is 83.6 Å². The predicted octanol–water partition coefficient (Wildman–Crippen LogP) is 4.95. The molecule has 0 spiro atoms. The van der Waals surface area contributed by atoms with Gasteiger partial charge in [-0.25, -0.2) is 0 Å². The van der Waals surface area contributed by atoms with Crippen molar-refractivity contribution >= 4 is 11.6 Å². The number of hydrogen-bond acceptors (Lipinski definition) is 4. The molecule has 0 saturated heterocycles. The van der Waals surface area contributed by atoms with Gasteiger partial charge in [0.05, 0.1) is 6.54 Å². The fraction of sp³-hybridized carbons (Fsp3) is 0.517. The summed E-state index contributed by atoms with van der Waals surface area (Å²) in [5, 5.41) is 5.62. The molecule has 0 atom stereocenters. The van der Waals surface area contributed by atoms with Crippen LogP contribution in [0, 0.1) is 6.92 Å². The van der Waals surface area contributed by atoms with Crippen molar-refractivity contribution in [3.8, 4) is 0 Å². The van der Waals surface area contributed by atoms with Crippen LogP contribution < -0.4 is 21.1 Å². The van der Waals surface area contributed by atoms with Gasteiger partial charge in [-0.05, 0) is 88.1 Å². The first-order valence-electron chi connectivity index (χ1n) is 13.5. The van der Waals surface area contributed by atoms with E-state index in [0.717, 1.165) is 48.3 Å². The van der Waals surface area contributed by atoms with E-state index in [0.29, 0.717) is 36.8 Å². The molecule has 206 valence electrons. The van der Waals surface area contributed by atoms with Gasteiger partial charge >= 0.3 is 6.18 Å². The van der Waals surface area contributed by atoms with Crippen molar-refractivity contribution in [1.29, 1.82) is 0 Å². The van der Waals surface area contributed by atoms with Crippen molar-refractivity contribution in [2.75, 3.05) is 18.0 Å². The minimum Gasteiger partial charge on any atom is -0.369 e. The van der Waals surface area contributed by atoms with Crippen LogP contribution in [0.25, 0.3) is 0 Å². The SMILES string of the molecule is CCN(c1cccc2c1C/C=C/CCc1cc(C)[nH]c(=O)c1CNC2=O)C1CCC(NCC(F)(F)F)CC1. The average Bonchev–Trinajstić information content (AvgIpc) is 2.87. The number of alkyl halides is 3. The molecular formula is C29H37F3N4O2. The number of H-pyrrole nitrogens is 1. The first kappa shape index (κ1) is 28.0. The van der Waals surface area contributed by atoms with E-state index in [1.54, 1.807) is 0 Å². The molecule has 4 rings (SSSR count). The van der Waals surface area contributed by atoms with Crippen LogP contribution in [0.3, 0.4) is 0 Å². The number of carbonyl (C=O) groups excluding carboxylic acids is 1. The average molecular weight is 531 g/mol. The zero-order valence-corrected chi connectivity index (χ0v) is 22.1. The number of nitrogens with one attached hydrogen (secondary N) is 3. The molecule has 0 radical (unpaired) electrons. The number of halogens is 3. The number of pyridine rings is 1. The molecule has 2 aliphatic rings. The van der Waals surface area contributed by atoms with Crippen molar-refractivity contribution in [3.63, 3.8) is 0 Å². The topological polar surface area (TPSA) is 77.2 Å². The van der Waals surface area contributed by atoms with E-state index >= 15 is 0 Å². The lowest BCUT2D eigenvalue weighted by atomic mass is 9.89. The highest BCUT2D eigenvalue weighted by Crippen LogP contribution is 2.32. The maximum Gasteiger partial charge on any atom is 0.401 e. The number of aromatic amines is 1. The Morgan fingerprint density at radius 3 is 2.55 bits per heavy atom. The second-order valence-corrected chi connectivity index (χ2v) is 10.3. The Morgan fingerprint density at radius 1 is 1.08 bits per heavy atom. The minimum atomic E-state index is -4.20. The number of aromatic nitrogens is 1. The van der Waals surface area contributed by atoms with Crippen molar-refractivity contribution in [2.24, 2.45) is 0 Å². The molecule has 1 aliphatic heterocycles. The van der Waals surface area contributed by atoms with E-state index in [4.69, 9.17) is 0 Å². The van der Waals surface area contributed by atoms with Crippen LogP contribution in [0.1, 0.15) is 71.8 Å². The standard InChI is InChI=1S/C29H37F3N4O2/c1-3-36(22-14-12-21(13-15-22)34-18-29(30,31)32)26-11-7-10-24-23(26)9-6-4-5-8-20-16-19(2)35-28(38)25(20)17-33-27(24)37/h4,6-7,10-11,16,21-22,34H,3,5,8-9,12-15,17-18H2,1-2H3,(H,33,37)(H,35,38)/b6-4+. The molecule has 6 nitrogen and oxygen atoms in total. The Hall–Kier alpha value is -3.07. The Balaban J connectivity index is 1.56. The highest BCUT2D eigenvalue weighted by atomic mass is 19.4. The number of hydrogen-bond donors (Lipinski definition) is 3. The van der Waals surface area contributed by atoms with Crippen LogP contribution in [-0.4, -0.2) is 42.2 Å². The molecule has 3 N–H and O–H groups in total. The number of amides is 1. The van der Waals surface area contributed by atoms with Crippen LogP contribution in [0.2, 0.25) is 0 Å². The Bertz CT molecular complexity index is 1210. The van der Waals surface area contributed by atoms with Gasteiger partial charge in [-0.1, -0.05) is 18.2 Å². The molecule has 1 saturated carbocycles. The Labute approximate surface area is 221 Å². The van der Waals surface area contributed by atoms with Gasteiger partial charge in [-0.3, -0.25) is 9.59 Å². The number of rotatable bonds is 5. The van der Waals surface area contributed by atoms with Crippen LogP contribution >= 0.6 is 0 Å². The number of aryl methyl sites for hydroxylation is 2. The number of carbonyl (C=O) groups is 1. The molecule has 0 unspecified atom stereocenters. The molecule has 2 heterocycles. The van der Waals surface area contributed by atoms with Crippen LogP contribution in [0.15, 0.2) is 41.2 Å². The third-order valence-corrected chi connectivity index (χ3v) is 7.63. The van der Waals surface area contributed by atoms with Gasteiger partial charge in [-0.15, -0.1) is 0 Å². The van der Waals surface area contributed by atoms with E-state index in [2.05, 4.69) is 39.6 Å². The van der Waals surface area contributed by atoms with Crippen molar-refractivity contribution in [3.05, 3.63) is 74.7 Å². The minimum absolute atomic E-state index is 0.133. The third-order valence-electron chi connectivity index (χ3n) is 7.63. The largest absolute Gasteiger partial charge is 0.401 e. The first-order chi connectivity index (χ1) is 18.2. The van der Waals surface area contributed by atoms with E-state index in [1.165, 1.54) is 0 Å². The van der Waals surface area contributed by atoms with Gasteiger partial charge in [0.15, 0.2) is 0 Å². The zero-order chi connectivity index (χ0) is 27.3. The van der Waals surface area contributed by atoms with Gasteiger partial charge in [0.25, 0.3) is 11.5 Å². The third kappa shape index (κ3) is 6.87. The lowest BCUT2D eigenvalue weighted by Crippen LogP contribution is -2.45. The Morgan fingerprint density at radius 2 is 1.84 bits per heavy atom. The number of benzene rings is 1. The molecule has 1 aromatic heterocycles. The predicted molar refractivity (Wildman–Crippen MR) is 144 cm³/mol. The van der Waals surface area contributed by atoms with Gasteiger partial charge < -0.3 is 20.5 Å². The van der Waals surface area contributed by atoms with Gasteiger partial charge in [0.1, 0.15) is 0 Å². The van der Waals surface area contributed by atoms with Crippen LogP contribution in [0.5, 0.6) is 0 Å². The number of allylic oxidation sites excluding steroid dienone is 2. The molecule has 2 aromatic rings. The molecule has 1 aromatic carbocycles. The second kappa shape index (κ2) is 12.2. The normalized spacial score (nSPS) is 21.3. The lowest BCUT2D eigenvalue weighted by molar-refractivity contribution is -0.126. The molecule has 1 aliphatic carbocycles. The van der Waals surface area contributed by atoms with Gasteiger partial charge in [0, 0.05) is 47.7 Å². The molecule has 1 fully saturated rings.